The predicted molar refractivity (Wildman–Crippen MR) is 77.6 cm³/mol. The molecule has 0 fully saturated rings. The van der Waals surface area contributed by atoms with Crippen LogP contribution in [0, 0.1) is 6.92 Å². The number of aromatic nitrogens is 2. The molecule has 2 rings (SSSR count). The van der Waals surface area contributed by atoms with Gasteiger partial charge in [0.25, 0.3) is 0 Å². The lowest BCUT2D eigenvalue weighted by Gasteiger charge is -2.19. The van der Waals surface area contributed by atoms with Gasteiger partial charge in [0, 0.05) is 23.9 Å². The Morgan fingerprint density at radius 3 is 2.78 bits per heavy atom. The quantitative estimate of drug-likeness (QED) is 0.940. The smallest absolute Gasteiger partial charge is 0.130 e. The van der Waals surface area contributed by atoms with Crippen LogP contribution in [-0.2, 0) is 7.05 Å². The number of benzene rings is 1. The van der Waals surface area contributed by atoms with Gasteiger partial charge in [-0.1, -0.05) is 35.0 Å². The lowest BCUT2D eigenvalue weighted by atomic mass is 10.0. The molecule has 96 valence electrons. The van der Waals surface area contributed by atoms with E-state index in [0.717, 1.165) is 16.8 Å². The Kier molecular flexibility index (Phi) is 4.19. The molecule has 1 atom stereocenters. The van der Waals surface area contributed by atoms with Crippen molar-refractivity contribution in [2.75, 3.05) is 6.54 Å². The second-order valence-corrected chi connectivity index (χ2v) is 5.25. The highest BCUT2D eigenvalue weighted by molar-refractivity contribution is 9.10. The minimum absolute atomic E-state index is 0.141. The maximum absolute atomic E-state index is 4.45. The number of nitrogens with zero attached hydrogens (tertiary/aromatic N) is 2. The number of hydrogen-bond acceptors (Lipinski definition) is 2. The zero-order chi connectivity index (χ0) is 13.1. The SMILES string of the molecule is CCNC(c1ccc(Br)c(C)c1)c1nccn1C. The summed E-state index contributed by atoms with van der Waals surface area (Å²) in [6, 6.07) is 6.57. The number of aryl methyl sites for hydroxylation is 2. The molecule has 2 aromatic rings. The average molecular weight is 308 g/mol. The van der Waals surface area contributed by atoms with Gasteiger partial charge in [0.2, 0.25) is 0 Å². The van der Waals surface area contributed by atoms with E-state index < -0.39 is 0 Å². The van der Waals surface area contributed by atoms with Gasteiger partial charge < -0.3 is 9.88 Å². The van der Waals surface area contributed by atoms with Crippen LogP contribution in [-0.4, -0.2) is 16.1 Å². The summed E-state index contributed by atoms with van der Waals surface area (Å²) in [7, 11) is 2.03. The Labute approximate surface area is 116 Å². The van der Waals surface area contributed by atoms with Gasteiger partial charge in [-0.15, -0.1) is 0 Å². The summed E-state index contributed by atoms with van der Waals surface area (Å²) in [5, 5.41) is 3.49. The number of rotatable bonds is 4. The first kappa shape index (κ1) is 13.3. The molecule has 1 unspecified atom stereocenters. The third-order valence-electron chi connectivity index (χ3n) is 3.04. The first-order chi connectivity index (χ1) is 8.63. The highest BCUT2D eigenvalue weighted by Gasteiger charge is 2.17. The largest absolute Gasteiger partial charge is 0.336 e. The molecule has 3 nitrogen and oxygen atoms in total. The van der Waals surface area contributed by atoms with E-state index in [2.05, 4.69) is 62.8 Å². The number of hydrogen-bond donors (Lipinski definition) is 1. The van der Waals surface area contributed by atoms with Crippen LogP contribution < -0.4 is 5.32 Å². The minimum Gasteiger partial charge on any atom is -0.336 e. The second-order valence-electron chi connectivity index (χ2n) is 4.40. The van der Waals surface area contributed by atoms with E-state index in [1.807, 2.05) is 19.4 Å². The fraction of sp³-hybridized carbons (Fsp3) is 0.357. The van der Waals surface area contributed by atoms with E-state index in [4.69, 9.17) is 0 Å². The molecule has 0 radical (unpaired) electrons. The van der Waals surface area contributed by atoms with Crippen LogP contribution in [0.3, 0.4) is 0 Å². The van der Waals surface area contributed by atoms with Gasteiger partial charge in [0.1, 0.15) is 5.82 Å². The molecule has 0 amide bonds. The van der Waals surface area contributed by atoms with Crippen molar-refractivity contribution in [1.82, 2.24) is 14.9 Å². The molecule has 4 heteroatoms. The maximum Gasteiger partial charge on any atom is 0.130 e. The van der Waals surface area contributed by atoms with E-state index in [1.165, 1.54) is 11.1 Å². The first-order valence-electron chi connectivity index (χ1n) is 6.10. The molecule has 0 spiro atoms. The van der Waals surface area contributed by atoms with Gasteiger partial charge in [0.15, 0.2) is 0 Å². The summed E-state index contributed by atoms with van der Waals surface area (Å²) in [5.41, 5.74) is 2.48. The summed E-state index contributed by atoms with van der Waals surface area (Å²) in [5.74, 6) is 1.04. The third-order valence-corrected chi connectivity index (χ3v) is 3.93. The van der Waals surface area contributed by atoms with Crippen LogP contribution in [0.25, 0.3) is 0 Å². The summed E-state index contributed by atoms with van der Waals surface area (Å²) < 4.78 is 3.20. The molecule has 0 saturated heterocycles. The fourth-order valence-corrected chi connectivity index (χ4v) is 2.31. The van der Waals surface area contributed by atoms with E-state index in [0.29, 0.717) is 0 Å². The van der Waals surface area contributed by atoms with Crippen molar-refractivity contribution in [1.29, 1.82) is 0 Å². The van der Waals surface area contributed by atoms with Gasteiger partial charge >= 0.3 is 0 Å². The van der Waals surface area contributed by atoms with Gasteiger partial charge in [-0.2, -0.15) is 0 Å². The summed E-state index contributed by atoms with van der Waals surface area (Å²) >= 11 is 3.54. The van der Waals surface area contributed by atoms with Gasteiger partial charge in [-0.25, -0.2) is 4.98 Å². The molecule has 1 aromatic heterocycles. The highest BCUT2D eigenvalue weighted by Crippen LogP contribution is 2.24. The third kappa shape index (κ3) is 2.65. The van der Waals surface area contributed by atoms with Gasteiger partial charge in [-0.05, 0) is 30.7 Å². The Bertz CT molecular complexity index is 534. The van der Waals surface area contributed by atoms with Gasteiger partial charge in [-0.3, -0.25) is 0 Å². The van der Waals surface area contributed by atoms with Crippen molar-refractivity contribution in [2.24, 2.45) is 7.05 Å². The Morgan fingerprint density at radius 2 is 2.22 bits per heavy atom. The Balaban J connectivity index is 2.41. The average Bonchev–Trinajstić information content (AvgIpc) is 2.76. The fourth-order valence-electron chi connectivity index (χ4n) is 2.07. The van der Waals surface area contributed by atoms with Crippen LogP contribution in [0.4, 0.5) is 0 Å². The standard InChI is InChI=1S/C14H18BrN3/c1-4-16-13(14-17-7-8-18(14)3)11-5-6-12(15)10(2)9-11/h5-9,13,16H,4H2,1-3H3. The lowest BCUT2D eigenvalue weighted by molar-refractivity contribution is 0.577. The molecule has 0 aliphatic carbocycles. The van der Waals surface area contributed by atoms with Crippen LogP contribution in [0.5, 0.6) is 0 Å². The normalized spacial score (nSPS) is 12.7. The molecule has 1 N–H and O–H groups in total. The second kappa shape index (κ2) is 5.67. The first-order valence-corrected chi connectivity index (χ1v) is 6.89. The van der Waals surface area contributed by atoms with Crippen LogP contribution in [0.1, 0.15) is 29.9 Å². The van der Waals surface area contributed by atoms with E-state index in [9.17, 15) is 0 Å². The lowest BCUT2D eigenvalue weighted by Crippen LogP contribution is -2.24. The molecule has 1 heterocycles. The summed E-state index contributed by atoms with van der Waals surface area (Å²) in [6.07, 6.45) is 3.82. The number of halogens is 1. The predicted octanol–water partition coefficient (Wildman–Crippen LogP) is 3.19. The number of imidazole rings is 1. The number of nitrogens with one attached hydrogen (secondary N) is 1. The molecule has 0 aliphatic rings. The van der Waals surface area contributed by atoms with E-state index in [-0.39, 0.29) is 6.04 Å². The topological polar surface area (TPSA) is 29.9 Å². The summed E-state index contributed by atoms with van der Waals surface area (Å²) in [6.45, 7) is 5.13. The van der Waals surface area contributed by atoms with Crippen molar-refractivity contribution in [3.05, 3.63) is 52.0 Å². The van der Waals surface area contributed by atoms with Crippen molar-refractivity contribution in [3.63, 3.8) is 0 Å². The molecule has 0 saturated carbocycles. The van der Waals surface area contributed by atoms with Crippen molar-refractivity contribution >= 4 is 15.9 Å². The molecule has 0 aliphatic heterocycles. The van der Waals surface area contributed by atoms with Crippen LogP contribution in [0.15, 0.2) is 35.1 Å². The summed E-state index contributed by atoms with van der Waals surface area (Å²) in [4.78, 5) is 4.45. The zero-order valence-electron chi connectivity index (χ0n) is 10.9. The van der Waals surface area contributed by atoms with Crippen molar-refractivity contribution < 1.29 is 0 Å². The molecular weight excluding hydrogens is 290 g/mol. The molecule has 18 heavy (non-hydrogen) atoms. The monoisotopic (exact) mass is 307 g/mol. The molecule has 1 aromatic carbocycles. The highest BCUT2D eigenvalue weighted by atomic mass is 79.9. The Morgan fingerprint density at radius 1 is 1.44 bits per heavy atom. The van der Waals surface area contributed by atoms with Crippen molar-refractivity contribution in [2.45, 2.75) is 19.9 Å². The van der Waals surface area contributed by atoms with Crippen LogP contribution >= 0.6 is 15.9 Å². The van der Waals surface area contributed by atoms with E-state index in [1.54, 1.807) is 0 Å². The van der Waals surface area contributed by atoms with E-state index >= 15 is 0 Å². The Hall–Kier alpha value is -1.13. The van der Waals surface area contributed by atoms with Crippen molar-refractivity contribution in [3.8, 4) is 0 Å². The van der Waals surface area contributed by atoms with Crippen LogP contribution in [0.2, 0.25) is 0 Å². The molecular formula is C14H18BrN3. The minimum atomic E-state index is 0.141. The maximum atomic E-state index is 4.45. The molecule has 0 bridgehead atoms. The zero-order valence-corrected chi connectivity index (χ0v) is 12.5. The van der Waals surface area contributed by atoms with Gasteiger partial charge in [0.05, 0.1) is 6.04 Å².